The molecule has 0 unspecified atom stereocenters. The quantitative estimate of drug-likeness (QED) is 0.462. The molecule has 202 valence electrons. The number of hydrogen-bond donors (Lipinski definition) is 2. The second kappa shape index (κ2) is 12.1. The van der Waals surface area contributed by atoms with Crippen LogP contribution in [0.3, 0.4) is 0 Å². The van der Waals surface area contributed by atoms with Gasteiger partial charge in [-0.05, 0) is 78.6 Å². The van der Waals surface area contributed by atoms with Crippen LogP contribution in [0.15, 0.2) is 54.6 Å². The topological polar surface area (TPSA) is 103 Å². The Hall–Kier alpha value is -3.55. The number of ether oxygens (including phenoxy) is 3. The fraction of sp³-hybridized carbons (Fsp3) is 0.483. The van der Waals surface area contributed by atoms with Crippen molar-refractivity contribution in [2.75, 3.05) is 0 Å². The van der Waals surface area contributed by atoms with Crippen LogP contribution in [0.4, 0.5) is 4.79 Å². The first-order valence-corrected chi connectivity index (χ1v) is 12.3. The normalized spacial score (nSPS) is 12.8. The smallest absolute Gasteiger partial charge is 0.408 e. The van der Waals surface area contributed by atoms with Gasteiger partial charge in [0.15, 0.2) is 0 Å². The maximum atomic E-state index is 13.3. The molecule has 37 heavy (non-hydrogen) atoms. The van der Waals surface area contributed by atoms with Gasteiger partial charge < -0.3 is 24.8 Å². The summed E-state index contributed by atoms with van der Waals surface area (Å²) in [5.41, 5.74) is -0.784. The van der Waals surface area contributed by atoms with Crippen molar-refractivity contribution >= 4 is 18.0 Å². The molecule has 2 rings (SSSR count). The predicted molar refractivity (Wildman–Crippen MR) is 142 cm³/mol. The van der Waals surface area contributed by atoms with E-state index in [9.17, 15) is 14.4 Å². The summed E-state index contributed by atoms with van der Waals surface area (Å²) < 4.78 is 16.6. The monoisotopic (exact) mass is 512 g/mol. The summed E-state index contributed by atoms with van der Waals surface area (Å²) in [6, 6.07) is 15.6. The number of carbonyl (C=O) groups excluding carboxylic acids is 3. The molecule has 2 aromatic carbocycles. The average molecular weight is 513 g/mol. The van der Waals surface area contributed by atoms with Crippen molar-refractivity contribution in [3.05, 3.63) is 65.7 Å². The molecule has 0 aromatic heterocycles. The lowest BCUT2D eigenvalue weighted by Crippen LogP contribution is -2.57. The van der Waals surface area contributed by atoms with Gasteiger partial charge >= 0.3 is 12.1 Å². The van der Waals surface area contributed by atoms with Crippen molar-refractivity contribution < 1.29 is 28.6 Å². The largest absolute Gasteiger partial charge is 0.488 e. The van der Waals surface area contributed by atoms with Crippen LogP contribution >= 0.6 is 0 Å². The Morgan fingerprint density at radius 3 is 1.92 bits per heavy atom. The highest BCUT2D eigenvalue weighted by atomic mass is 16.6. The van der Waals surface area contributed by atoms with Gasteiger partial charge in [-0.3, -0.25) is 4.79 Å². The summed E-state index contributed by atoms with van der Waals surface area (Å²) in [5.74, 6) is -0.438. The Morgan fingerprint density at radius 2 is 1.38 bits per heavy atom. The molecule has 2 aromatic rings. The molecule has 0 aliphatic rings. The van der Waals surface area contributed by atoms with E-state index < -0.39 is 35.2 Å². The molecular formula is C29H40N2O6. The number of benzene rings is 2. The van der Waals surface area contributed by atoms with Gasteiger partial charge in [0.2, 0.25) is 5.91 Å². The van der Waals surface area contributed by atoms with Gasteiger partial charge in [0, 0.05) is 6.42 Å². The van der Waals surface area contributed by atoms with Crippen LogP contribution in [0.2, 0.25) is 0 Å². The summed E-state index contributed by atoms with van der Waals surface area (Å²) in [6.07, 6.45) is -0.555. The Balaban J connectivity index is 2.13. The zero-order valence-corrected chi connectivity index (χ0v) is 23.1. The maximum absolute atomic E-state index is 13.3. The van der Waals surface area contributed by atoms with E-state index in [1.165, 1.54) is 0 Å². The van der Waals surface area contributed by atoms with E-state index in [4.69, 9.17) is 14.2 Å². The number of esters is 1. The van der Waals surface area contributed by atoms with Crippen LogP contribution in [0.5, 0.6) is 5.75 Å². The van der Waals surface area contributed by atoms with Crippen LogP contribution in [0.25, 0.3) is 0 Å². The van der Waals surface area contributed by atoms with E-state index in [1.54, 1.807) is 34.6 Å². The van der Waals surface area contributed by atoms with Crippen LogP contribution in [-0.4, -0.2) is 40.8 Å². The summed E-state index contributed by atoms with van der Waals surface area (Å²) in [6.45, 7) is 14.3. The Bertz CT molecular complexity index is 1050. The molecule has 1 atom stereocenters. The summed E-state index contributed by atoms with van der Waals surface area (Å²) in [7, 11) is 0. The van der Waals surface area contributed by atoms with E-state index in [0.29, 0.717) is 5.75 Å². The van der Waals surface area contributed by atoms with Gasteiger partial charge in [0.1, 0.15) is 35.1 Å². The minimum absolute atomic E-state index is 0.0849. The average Bonchev–Trinajstić information content (AvgIpc) is 2.76. The molecular weight excluding hydrogens is 472 g/mol. The minimum Gasteiger partial charge on any atom is -0.488 e. The Kier molecular flexibility index (Phi) is 9.73. The van der Waals surface area contributed by atoms with E-state index in [-0.39, 0.29) is 18.6 Å². The van der Waals surface area contributed by atoms with Crippen molar-refractivity contribution in [3.8, 4) is 5.75 Å². The lowest BCUT2D eigenvalue weighted by molar-refractivity contribution is -0.153. The number of nitrogens with one attached hydrogen (secondary N) is 2. The number of carbonyl (C=O) groups is 3. The van der Waals surface area contributed by atoms with Crippen molar-refractivity contribution in [1.29, 1.82) is 0 Å². The third-order valence-electron chi connectivity index (χ3n) is 4.95. The lowest BCUT2D eigenvalue weighted by atomic mass is 10.0. The number of rotatable bonds is 9. The second-order valence-corrected chi connectivity index (χ2v) is 11.4. The Labute approximate surface area is 220 Å². The molecule has 0 fully saturated rings. The highest BCUT2D eigenvalue weighted by Gasteiger charge is 2.35. The van der Waals surface area contributed by atoms with Crippen molar-refractivity contribution in [3.63, 3.8) is 0 Å². The highest BCUT2D eigenvalue weighted by Crippen LogP contribution is 2.20. The molecule has 0 radical (unpaired) electrons. The van der Waals surface area contributed by atoms with Crippen LogP contribution in [0, 0.1) is 0 Å². The van der Waals surface area contributed by atoms with Gasteiger partial charge in [-0.15, -0.1) is 0 Å². The van der Waals surface area contributed by atoms with Gasteiger partial charge in [-0.2, -0.15) is 0 Å². The molecule has 0 spiro atoms. The molecule has 0 heterocycles. The van der Waals surface area contributed by atoms with E-state index in [1.807, 2.05) is 75.4 Å². The summed E-state index contributed by atoms with van der Waals surface area (Å²) in [4.78, 5) is 38.5. The standard InChI is InChI=1S/C29H40N2O6/c1-27(2,3)36-22-16-14-20(15-17-22)18-23(30-26(34)37-28(4,5)6)24(32)31-29(7,8)25(33)35-19-21-12-10-9-11-13-21/h9-17,23H,18-19H2,1-8H3,(H,30,34)(H,31,32)/t23-/m0/s1. The van der Waals surface area contributed by atoms with E-state index in [0.717, 1.165) is 11.1 Å². The van der Waals surface area contributed by atoms with Crippen LogP contribution in [-0.2, 0) is 32.1 Å². The number of alkyl carbamates (subject to hydrolysis) is 1. The Morgan fingerprint density at radius 1 is 0.784 bits per heavy atom. The van der Waals surface area contributed by atoms with E-state index >= 15 is 0 Å². The van der Waals surface area contributed by atoms with E-state index in [2.05, 4.69) is 10.6 Å². The molecule has 0 saturated heterocycles. The fourth-order valence-corrected chi connectivity index (χ4v) is 3.29. The molecule has 0 aliphatic carbocycles. The second-order valence-electron chi connectivity index (χ2n) is 11.4. The van der Waals surface area contributed by atoms with Gasteiger partial charge in [-0.1, -0.05) is 42.5 Å². The molecule has 0 saturated carbocycles. The molecule has 8 nitrogen and oxygen atoms in total. The van der Waals surface area contributed by atoms with Gasteiger partial charge in [-0.25, -0.2) is 9.59 Å². The summed E-state index contributed by atoms with van der Waals surface area (Å²) in [5, 5.41) is 5.35. The predicted octanol–water partition coefficient (Wildman–Crippen LogP) is 4.94. The zero-order valence-electron chi connectivity index (χ0n) is 23.1. The fourth-order valence-electron chi connectivity index (χ4n) is 3.29. The van der Waals surface area contributed by atoms with Crippen molar-refractivity contribution in [1.82, 2.24) is 10.6 Å². The first kappa shape index (κ1) is 29.7. The van der Waals surface area contributed by atoms with Crippen LogP contribution < -0.4 is 15.4 Å². The van der Waals surface area contributed by atoms with Crippen molar-refractivity contribution in [2.45, 2.75) is 91.2 Å². The molecule has 2 N–H and O–H groups in total. The maximum Gasteiger partial charge on any atom is 0.408 e. The third-order valence-corrected chi connectivity index (χ3v) is 4.95. The molecule has 2 amide bonds. The summed E-state index contributed by atoms with van der Waals surface area (Å²) >= 11 is 0. The van der Waals surface area contributed by atoms with Gasteiger partial charge in [0.05, 0.1) is 0 Å². The third kappa shape index (κ3) is 10.9. The number of amides is 2. The molecule has 8 heteroatoms. The van der Waals surface area contributed by atoms with Crippen molar-refractivity contribution in [2.24, 2.45) is 0 Å². The SMILES string of the molecule is CC(C)(C)OC(=O)N[C@@H](Cc1ccc(OC(C)(C)C)cc1)C(=O)NC(C)(C)C(=O)OCc1ccccc1. The number of hydrogen-bond acceptors (Lipinski definition) is 6. The van der Waals surface area contributed by atoms with Gasteiger partial charge in [0.25, 0.3) is 0 Å². The zero-order chi connectivity index (χ0) is 27.9. The lowest BCUT2D eigenvalue weighted by Gasteiger charge is -2.28. The minimum atomic E-state index is -1.33. The first-order chi connectivity index (χ1) is 17.0. The first-order valence-electron chi connectivity index (χ1n) is 12.3. The molecule has 0 bridgehead atoms. The molecule has 0 aliphatic heterocycles. The highest BCUT2D eigenvalue weighted by molar-refractivity contribution is 5.91. The van der Waals surface area contributed by atoms with Crippen LogP contribution in [0.1, 0.15) is 66.5 Å².